The summed E-state index contributed by atoms with van der Waals surface area (Å²) in [6.07, 6.45) is 0. The average Bonchev–Trinajstić information content (AvgIpc) is 2.62. The van der Waals surface area contributed by atoms with E-state index in [0.29, 0.717) is 0 Å². The lowest BCUT2D eigenvalue weighted by Gasteiger charge is -2.24. The van der Waals surface area contributed by atoms with Gasteiger partial charge in [-0.2, -0.15) is 0 Å². The van der Waals surface area contributed by atoms with E-state index in [1.165, 1.54) is 22.3 Å². The maximum absolute atomic E-state index is 9.72. The molecule has 1 nitrogen and oxygen atoms in total. The van der Waals surface area contributed by atoms with Gasteiger partial charge in [-0.05, 0) is 29.2 Å². The lowest BCUT2D eigenvalue weighted by Crippen LogP contribution is -2.25. The fraction of sp³-hybridized carbons (Fsp3) is 0.200. The van der Waals surface area contributed by atoms with Crippen LogP contribution in [0.1, 0.15) is 18.1 Å². The van der Waals surface area contributed by atoms with Crippen molar-refractivity contribution in [3.05, 3.63) is 59.7 Å². The number of benzene rings is 2. The van der Waals surface area contributed by atoms with Crippen molar-refractivity contribution < 1.29 is 5.11 Å². The molecule has 0 bridgehead atoms. The van der Waals surface area contributed by atoms with Gasteiger partial charge in [0.25, 0.3) is 0 Å². The van der Waals surface area contributed by atoms with Gasteiger partial charge in [-0.15, -0.1) is 0 Å². The molecule has 0 aromatic heterocycles. The number of fused-ring (bicyclic) bond motifs is 3. The highest BCUT2D eigenvalue weighted by atomic mass is 16.3. The molecule has 0 unspecified atom stereocenters. The molecule has 0 fully saturated rings. The molecule has 0 saturated carbocycles. The van der Waals surface area contributed by atoms with E-state index in [4.69, 9.17) is 0 Å². The van der Waals surface area contributed by atoms with Gasteiger partial charge < -0.3 is 5.11 Å². The molecular formula is C15H14O. The molecule has 0 saturated heterocycles. The van der Waals surface area contributed by atoms with Gasteiger partial charge in [-0.25, -0.2) is 0 Å². The topological polar surface area (TPSA) is 20.2 Å². The van der Waals surface area contributed by atoms with Gasteiger partial charge in [-0.1, -0.05) is 48.5 Å². The van der Waals surface area contributed by atoms with Crippen LogP contribution in [0.3, 0.4) is 0 Å². The molecule has 0 heterocycles. The summed E-state index contributed by atoms with van der Waals surface area (Å²) in [5.74, 6) is 0. The Kier molecular flexibility index (Phi) is 1.92. The monoisotopic (exact) mass is 210 g/mol. The highest BCUT2D eigenvalue weighted by Gasteiger charge is 2.38. The fourth-order valence-corrected chi connectivity index (χ4v) is 2.71. The molecule has 2 aromatic rings. The molecule has 1 aliphatic rings. The van der Waals surface area contributed by atoms with Crippen LogP contribution in [0.4, 0.5) is 0 Å². The van der Waals surface area contributed by atoms with Crippen LogP contribution in [0.5, 0.6) is 0 Å². The minimum atomic E-state index is -0.243. The molecule has 0 amide bonds. The third-order valence-electron chi connectivity index (χ3n) is 3.65. The van der Waals surface area contributed by atoms with E-state index >= 15 is 0 Å². The molecular weight excluding hydrogens is 196 g/mol. The Morgan fingerprint density at radius 2 is 1.31 bits per heavy atom. The first-order chi connectivity index (χ1) is 7.77. The van der Waals surface area contributed by atoms with Crippen LogP contribution in [0.15, 0.2) is 48.5 Å². The van der Waals surface area contributed by atoms with E-state index in [0.717, 1.165) is 0 Å². The van der Waals surface area contributed by atoms with Crippen LogP contribution < -0.4 is 0 Å². The molecule has 1 N–H and O–H groups in total. The number of hydrogen-bond acceptors (Lipinski definition) is 1. The lowest BCUT2D eigenvalue weighted by molar-refractivity contribution is 0.234. The van der Waals surface area contributed by atoms with E-state index < -0.39 is 0 Å². The SMILES string of the molecule is CC1(CO)c2ccccc2-c2ccccc21. The second-order valence-electron chi connectivity index (χ2n) is 4.58. The maximum Gasteiger partial charge on any atom is 0.0566 e. The predicted molar refractivity (Wildman–Crippen MR) is 65.4 cm³/mol. The second-order valence-corrected chi connectivity index (χ2v) is 4.58. The lowest BCUT2D eigenvalue weighted by atomic mass is 9.81. The third-order valence-corrected chi connectivity index (χ3v) is 3.65. The van der Waals surface area contributed by atoms with Gasteiger partial charge in [0.15, 0.2) is 0 Å². The Balaban J connectivity index is 2.39. The van der Waals surface area contributed by atoms with Crippen LogP contribution >= 0.6 is 0 Å². The molecule has 16 heavy (non-hydrogen) atoms. The minimum Gasteiger partial charge on any atom is -0.395 e. The van der Waals surface area contributed by atoms with Gasteiger partial charge in [-0.3, -0.25) is 0 Å². The van der Waals surface area contributed by atoms with Gasteiger partial charge in [0.1, 0.15) is 0 Å². The second kappa shape index (κ2) is 3.19. The standard InChI is InChI=1S/C15H14O/c1-15(10-16)13-8-4-2-6-11(13)12-7-3-5-9-14(12)15/h2-9,16H,10H2,1H3. The summed E-state index contributed by atoms with van der Waals surface area (Å²) < 4.78 is 0. The van der Waals surface area contributed by atoms with Crippen LogP contribution in [0, 0.1) is 0 Å². The number of hydrogen-bond donors (Lipinski definition) is 1. The van der Waals surface area contributed by atoms with Gasteiger partial charge in [0.2, 0.25) is 0 Å². The summed E-state index contributed by atoms with van der Waals surface area (Å²) >= 11 is 0. The first-order valence-electron chi connectivity index (χ1n) is 5.57. The molecule has 2 aromatic carbocycles. The van der Waals surface area contributed by atoms with Crippen molar-refractivity contribution in [3.63, 3.8) is 0 Å². The van der Waals surface area contributed by atoms with E-state index in [2.05, 4.69) is 43.3 Å². The summed E-state index contributed by atoms with van der Waals surface area (Å²) in [5, 5.41) is 9.72. The number of aliphatic hydroxyl groups excluding tert-OH is 1. The highest BCUT2D eigenvalue weighted by molar-refractivity contribution is 5.80. The van der Waals surface area contributed by atoms with E-state index in [-0.39, 0.29) is 12.0 Å². The first-order valence-corrected chi connectivity index (χ1v) is 5.57. The predicted octanol–water partition coefficient (Wildman–Crippen LogP) is 2.97. The summed E-state index contributed by atoms with van der Waals surface area (Å²) in [7, 11) is 0. The van der Waals surface area contributed by atoms with Gasteiger partial charge in [0, 0.05) is 5.41 Å². The van der Waals surface area contributed by atoms with E-state index in [9.17, 15) is 5.11 Å². The van der Waals surface area contributed by atoms with Gasteiger partial charge >= 0.3 is 0 Å². The number of rotatable bonds is 1. The fourth-order valence-electron chi connectivity index (χ4n) is 2.71. The van der Waals surface area contributed by atoms with Crippen LogP contribution in [-0.4, -0.2) is 11.7 Å². The Morgan fingerprint density at radius 3 is 1.75 bits per heavy atom. The highest BCUT2D eigenvalue weighted by Crippen LogP contribution is 2.48. The first kappa shape index (κ1) is 9.61. The third kappa shape index (κ3) is 1.04. The maximum atomic E-state index is 9.72. The molecule has 0 aliphatic heterocycles. The van der Waals surface area contributed by atoms with Crippen molar-refractivity contribution in [2.45, 2.75) is 12.3 Å². The molecule has 1 aliphatic carbocycles. The van der Waals surface area contributed by atoms with Crippen LogP contribution in [0.2, 0.25) is 0 Å². The van der Waals surface area contributed by atoms with Crippen molar-refractivity contribution in [1.29, 1.82) is 0 Å². The Bertz CT molecular complexity index is 497. The largest absolute Gasteiger partial charge is 0.395 e. The van der Waals surface area contributed by atoms with Crippen molar-refractivity contribution in [2.24, 2.45) is 0 Å². The summed E-state index contributed by atoms with van der Waals surface area (Å²) in [4.78, 5) is 0. The minimum absolute atomic E-state index is 0.154. The summed E-state index contributed by atoms with van der Waals surface area (Å²) in [6.45, 7) is 2.26. The Labute approximate surface area is 95.4 Å². The Morgan fingerprint density at radius 1 is 0.875 bits per heavy atom. The molecule has 3 rings (SSSR count). The van der Waals surface area contributed by atoms with E-state index in [1.807, 2.05) is 12.1 Å². The summed E-state index contributed by atoms with van der Waals surface area (Å²) in [5.41, 5.74) is 4.74. The molecule has 0 spiro atoms. The zero-order valence-electron chi connectivity index (χ0n) is 9.27. The average molecular weight is 210 g/mol. The van der Waals surface area contributed by atoms with Crippen molar-refractivity contribution >= 4 is 0 Å². The van der Waals surface area contributed by atoms with Crippen molar-refractivity contribution in [2.75, 3.05) is 6.61 Å². The summed E-state index contributed by atoms with van der Waals surface area (Å²) in [6, 6.07) is 16.7. The Hall–Kier alpha value is -1.60. The smallest absolute Gasteiger partial charge is 0.0566 e. The van der Waals surface area contributed by atoms with Crippen molar-refractivity contribution in [1.82, 2.24) is 0 Å². The van der Waals surface area contributed by atoms with Crippen LogP contribution in [0.25, 0.3) is 11.1 Å². The van der Waals surface area contributed by atoms with Crippen LogP contribution in [-0.2, 0) is 5.41 Å². The molecule has 0 radical (unpaired) electrons. The van der Waals surface area contributed by atoms with Gasteiger partial charge in [0.05, 0.1) is 6.61 Å². The zero-order chi connectivity index (χ0) is 11.2. The van der Waals surface area contributed by atoms with E-state index in [1.54, 1.807) is 0 Å². The number of aliphatic hydroxyl groups is 1. The quantitative estimate of drug-likeness (QED) is 0.767. The zero-order valence-corrected chi connectivity index (χ0v) is 9.27. The normalized spacial score (nSPS) is 15.6. The van der Waals surface area contributed by atoms with Crippen molar-refractivity contribution in [3.8, 4) is 11.1 Å². The molecule has 0 atom stereocenters. The molecule has 80 valence electrons. The molecule has 1 heteroatoms.